The summed E-state index contributed by atoms with van der Waals surface area (Å²) >= 11 is 0. The minimum Gasteiger partial charge on any atom is -0.481 e. The van der Waals surface area contributed by atoms with Gasteiger partial charge in [0.15, 0.2) is 0 Å². The van der Waals surface area contributed by atoms with Gasteiger partial charge in [0, 0.05) is 18.5 Å². The first-order valence-corrected chi connectivity index (χ1v) is 11.1. The molecule has 2 aliphatic rings. The van der Waals surface area contributed by atoms with Crippen molar-refractivity contribution in [2.75, 3.05) is 13.2 Å². The minimum absolute atomic E-state index is 0.0249. The van der Waals surface area contributed by atoms with E-state index < -0.39 is 24.5 Å². The number of aliphatic carboxylic acids is 1. The lowest BCUT2D eigenvalue weighted by Crippen LogP contribution is -2.53. The summed E-state index contributed by atoms with van der Waals surface area (Å²) in [5.74, 6) is -1.62. The molecule has 0 bridgehead atoms. The summed E-state index contributed by atoms with van der Waals surface area (Å²) in [6.07, 6.45) is 1.52. The van der Waals surface area contributed by atoms with Crippen molar-refractivity contribution < 1.29 is 24.2 Å². The fraction of sp³-hybridized carbons (Fsp3) is 0.400. The van der Waals surface area contributed by atoms with E-state index >= 15 is 0 Å². The summed E-state index contributed by atoms with van der Waals surface area (Å²) in [6.45, 7) is 2.62. The van der Waals surface area contributed by atoms with Gasteiger partial charge in [0.05, 0.1) is 6.42 Å². The quantitative estimate of drug-likeness (QED) is 0.719. The number of alkyl carbamates (subject to hydrolysis) is 1. The fourth-order valence-corrected chi connectivity index (χ4v) is 4.78. The molecule has 1 fully saturated rings. The molecule has 4 rings (SSSR count). The maximum atomic E-state index is 13.0. The molecular formula is C25H28N2O5. The molecule has 2 amide bonds. The SMILES string of the molecule is CC1CCCCN1C(=O)C(CC(=O)O)NC(=O)OCC1c2ccccc2-c2ccccc21. The fourth-order valence-electron chi connectivity index (χ4n) is 4.78. The predicted molar refractivity (Wildman–Crippen MR) is 119 cm³/mol. The van der Waals surface area contributed by atoms with Crippen LogP contribution in [-0.4, -0.2) is 53.2 Å². The molecule has 1 aliphatic carbocycles. The molecule has 7 nitrogen and oxygen atoms in total. The molecule has 0 saturated carbocycles. The van der Waals surface area contributed by atoms with Gasteiger partial charge in [0.2, 0.25) is 5.91 Å². The van der Waals surface area contributed by atoms with Gasteiger partial charge in [-0.15, -0.1) is 0 Å². The summed E-state index contributed by atoms with van der Waals surface area (Å²) in [6, 6.07) is 14.9. The predicted octanol–water partition coefficient (Wildman–Crippen LogP) is 3.77. The van der Waals surface area contributed by atoms with Crippen molar-refractivity contribution in [3.8, 4) is 11.1 Å². The first kappa shape index (κ1) is 21.9. The Balaban J connectivity index is 1.44. The van der Waals surface area contributed by atoms with E-state index in [1.54, 1.807) is 4.90 Å². The number of piperidine rings is 1. The van der Waals surface area contributed by atoms with Gasteiger partial charge < -0.3 is 20.1 Å². The molecule has 1 saturated heterocycles. The van der Waals surface area contributed by atoms with E-state index in [0.717, 1.165) is 41.5 Å². The molecule has 1 aliphatic heterocycles. The van der Waals surface area contributed by atoms with Gasteiger partial charge in [-0.1, -0.05) is 48.5 Å². The third kappa shape index (κ3) is 4.47. The number of hydrogen-bond donors (Lipinski definition) is 2. The van der Waals surface area contributed by atoms with Crippen LogP contribution in [-0.2, 0) is 14.3 Å². The Morgan fingerprint density at radius 1 is 1.06 bits per heavy atom. The Labute approximate surface area is 187 Å². The number of hydrogen-bond acceptors (Lipinski definition) is 4. The van der Waals surface area contributed by atoms with Crippen LogP contribution >= 0.6 is 0 Å². The van der Waals surface area contributed by atoms with Crippen molar-refractivity contribution in [1.29, 1.82) is 0 Å². The standard InChI is InChI=1S/C25H28N2O5/c1-16-8-6-7-13-27(16)24(30)22(14-23(28)29)26-25(31)32-15-21-19-11-4-2-9-17(19)18-10-3-5-12-20(18)21/h2-5,9-12,16,21-22H,6-8,13-15H2,1H3,(H,26,31)(H,28,29). The van der Waals surface area contributed by atoms with Crippen LogP contribution in [0.15, 0.2) is 48.5 Å². The smallest absolute Gasteiger partial charge is 0.407 e. The number of rotatable bonds is 6. The summed E-state index contributed by atoms with van der Waals surface area (Å²) in [4.78, 5) is 38.6. The Bertz CT molecular complexity index is 975. The number of ether oxygens (including phenoxy) is 1. The normalized spacial score (nSPS) is 18.4. The molecule has 168 valence electrons. The second-order valence-electron chi connectivity index (χ2n) is 8.50. The van der Waals surface area contributed by atoms with E-state index in [1.807, 2.05) is 43.3 Å². The zero-order chi connectivity index (χ0) is 22.7. The van der Waals surface area contributed by atoms with Crippen LogP contribution < -0.4 is 5.32 Å². The van der Waals surface area contributed by atoms with E-state index in [0.29, 0.717) is 6.54 Å². The van der Waals surface area contributed by atoms with Crippen LogP contribution in [0.4, 0.5) is 4.79 Å². The first-order valence-electron chi connectivity index (χ1n) is 11.1. The summed E-state index contributed by atoms with van der Waals surface area (Å²) in [5.41, 5.74) is 4.41. The molecule has 0 radical (unpaired) electrons. The molecule has 7 heteroatoms. The van der Waals surface area contributed by atoms with E-state index in [1.165, 1.54) is 0 Å². The van der Waals surface area contributed by atoms with Crippen molar-refractivity contribution in [2.45, 2.75) is 50.6 Å². The topological polar surface area (TPSA) is 95.9 Å². The van der Waals surface area contributed by atoms with Gasteiger partial charge in [-0.25, -0.2) is 4.79 Å². The summed E-state index contributed by atoms with van der Waals surface area (Å²) < 4.78 is 5.50. The molecule has 2 aromatic rings. The van der Waals surface area contributed by atoms with Gasteiger partial charge in [0.1, 0.15) is 12.6 Å². The maximum absolute atomic E-state index is 13.0. The van der Waals surface area contributed by atoms with Gasteiger partial charge >= 0.3 is 12.1 Å². The molecule has 2 N–H and O–H groups in total. The Morgan fingerprint density at radius 2 is 1.69 bits per heavy atom. The average molecular weight is 437 g/mol. The van der Waals surface area contributed by atoms with Crippen molar-refractivity contribution in [1.82, 2.24) is 10.2 Å². The van der Waals surface area contributed by atoms with E-state index in [4.69, 9.17) is 4.74 Å². The van der Waals surface area contributed by atoms with Crippen LogP contribution in [0.5, 0.6) is 0 Å². The number of amides is 2. The van der Waals surface area contributed by atoms with E-state index in [2.05, 4.69) is 17.4 Å². The zero-order valence-electron chi connectivity index (χ0n) is 18.1. The first-order chi connectivity index (χ1) is 15.5. The van der Waals surface area contributed by atoms with Crippen LogP contribution in [0.2, 0.25) is 0 Å². The largest absolute Gasteiger partial charge is 0.481 e. The molecule has 1 heterocycles. The highest BCUT2D eigenvalue weighted by atomic mass is 16.5. The number of carbonyl (C=O) groups excluding carboxylic acids is 2. The third-order valence-corrected chi connectivity index (χ3v) is 6.40. The van der Waals surface area contributed by atoms with Gasteiger partial charge in [0.25, 0.3) is 0 Å². The van der Waals surface area contributed by atoms with E-state index in [-0.39, 0.29) is 24.5 Å². The zero-order valence-corrected chi connectivity index (χ0v) is 18.1. The number of carbonyl (C=O) groups is 3. The van der Waals surface area contributed by atoms with Crippen molar-refractivity contribution >= 4 is 18.0 Å². The summed E-state index contributed by atoms with van der Waals surface area (Å²) in [7, 11) is 0. The Kier molecular flexibility index (Phi) is 6.44. The third-order valence-electron chi connectivity index (χ3n) is 6.40. The molecule has 0 spiro atoms. The number of nitrogens with zero attached hydrogens (tertiary/aromatic N) is 1. The number of benzene rings is 2. The Morgan fingerprint density at radius 3 is 2.28 bits per heavy atom. The van der Waals surface area contributed by atoms with Crippen LogP contribution in [0, 0.1) is 0 Å². The second-order valence-corrected chi connectivity index (χ2v) is 8.50. The Hall–Kier alpha value is -3.35. The summed E-state index contributed by atoms with van der Waals surface area (Å²) in [5, 5.41) is 11.8. The number of fused-ring (bicyclic) bond motifs is 3. The molecule has 2 atom stereocenters. The second kappa shape index (κ2) is 9.42. The molecular weight excluding hydrogens is 408 g/mol. The van der Waals surface area contributed by atoms with Crippen molar-refractivity contribution in [2.24, 2.45) is 0 Å². The maximum Gasteiger partial charge on any atom is 0.407 e. The number of carboxylic acids is 1. The number of likely N-dealkylation sites (tertiary alicyclic amines) is 1. The van der Waals surface area contributed by atoms with Crippen molar-refractivity contribution in [3.05, 3.63) is 59.7 Å². The molecule has 2 aromatic carbocycles. The van der Waals surface area contributed by atoms with Crippen LogP contribution in [0.1, 0.15) is 49.7 Å². The number of carboxylic acid groups (broad SMARTS) is 1. The van der Waals surface area contributed by atoms with Crippen LogP contribution in [0.3, 0.4) is 0 Å². The molecule has 32 heavy (non-hydrogen) atoms. The number of nitrogens with one attached hydrogen (secondary N) is 1. The molecule has 0 aromatic heterocycles. The monoisotopic (exact) mass is 436 g/mol. The van der Waals surface area contributed by atoms with Gasteiger partial charge in [-0.3, -0.25) is 9.59 Å². The lowest BCUT2D eigenvalue weighted by molar-refractivity contribution is -0.144. The van der Waals surface area contributed by atoms with Crippen LogP contribution in [0.25, 0.3) is 11.1 Å². The lowest BCUT2D eigenvalue weighted by Gasteiger charge is -2.35. The minimum atomic E-state index is -1.15. The molecule has 2 unspecified atom stereocenters. The lowest BCUT2D eigenvalue weighted by atomic mass is 9.98. The van der Waals surface area contributed by atoms with Gasteiger partial charge in [-0.05, 0) is 48.4 Å². The highest BCUT2D eigenvalue weighted by Gasteiger charge is 2.33. The highest BCUT2D eigenvalue weighted by molar-refractivity contribution is 5.89. The van der Waals surface area contributed by atoms with Gasteiger partial charge in [-0.2, -0.15) is 0 Å². The van der Waals surface area contributed by atoms with Crippen molar-refractivity contribution in [3.63, 3.8) is 0 Å². The highest BCUT2D eigenvalue weighted by Crippen LogP contribution is 2.44. The van der Waals surface area contributed by atoms with E-state index in [9.17, 15) is 19.5 Å². The average Bonchev–Trinajstić information content (AvgIpc) is 3.10.